The largest absolute Gasteiger partial charge is 0.488 e. The molecule has 0 saturated heterocycles. The van der Waals surface area contributed by atoms with Crippen LogP contribution in [0.4, 0.5) is 26.3 Å². The molecule has 0 bridgehead atoms. The molecule has 0 amide bonds. The van der Waals surface area contributed by atoms with Crippen molar-refractivity contribution in [2.45, 2.75) is 19.0 Å². The summed E-state index contributed by atoms with van der Waals surface area (Å²) in [6.07, 6.45) is -9.83. The van der Waals surface area contributed by atoms with E-state index in [-0.39, 0.29) is 28.9 Å². The Morgan fingerprint density at radius 2 is 1.56 bits per heavy atom. The van der Waals surface area contributed by atoms with Crippen LogP contribution in [0.3, 0.4) is 0 Å². The second-order valence-electron chi connectivity index (χ2n) is 7.25. The minimum Gasteiger partial charge on any atom is -0.488 e. The van der Waals surface area contributed by atoms with Crippen LogP contribution in [0.15, 0.2) is 75.9 Å². The average molecular weight is 499 g/mol. The molecular formula is C24H13ClF6O3. The predicted molar refractivity (Wildman–Crippen MR) is 114 cm³/mol. The zero-order chi connectivity index (χ0) is 24.7. The van der Waals surface area contributed by atoms with Crippen molar-refractivity contribution in [2.24, 2.45) is 0 Å². The van der Waals surface area contributed by atoms with Gasteiger partial charge in [0.25, 0.3) is 0 Å². The van der Waals surface area contributed by atoms with Gasteiger partial charge in [0.2, 0.25) is 5.76 Å². The van der Waals surface area contributed by atoms with E-state index in [1.54, 1.807) is 30.3 Å². The van der Waals surface area contributed by atoms with Crippen molar-refractivity contribution in [1.29, 1.82) is 0 Å². The molecule has 4 aromatic rings. The summed E-state index contributed by atoms with van der Waals surface area (Å²) in [5.74, 6) is -1.66. The Bertz CT molecular complexity index is 1410. The lowest BCUT2D eigenvalue weighted by atomic mass is 9.99. The van der Waals surface area contributed by atoms with Crippen molar-refractivity contribution < 1.29 is 35.5 Å². The van der Waals surface area contributed by atoms with Crippen molar-refractivity contribution in [2.75, 3.05) is 0 Å². The van der Waals surface area contributed by atoms with Crippen LogP contribution in [0.5, 0.6) is 5.75 Å². The molecule has 4 rings (SSSR count). The van der Waals surface area contributed by atoms with E-state index in [0.29, 0.717) is 17.7 Å². The van der Waals surface area contributed by atoms with E-state index in [9.17, 15) is 31.1 Å². The first-order valence-corrected chi connectivity index (χ1v) is 10.0. The molecule has 176 valence electrons. The van der Waals surface area contributed by atoms with Crippen LogP contribution in [0, 0.1) is 0 Å². The van der Waals surface area contributed by atoms with Crippen molar-refractivity contribution in [1.82, 2.24) is 0 Å². The highest BCUT2D eigenvalue weighted by atomic mass is 35.5. The van der Waals surface area contributed by atoms with E-state index >= 15 is 0 Å². The number of rotatable bonds is 4. The Morgan fingerprint density at radius 1 is 0.853 bits per heavy atom. The zero-order valence-corrected chi connectivity index (χ0v) is 17.7. The maximum atomic E-state index is 13.5. The highest BCUT2D eigenvalue weighted by molar-refractivity contribution is 6.31. The van der Waals surface area contributed by atoms with Crippen LogP contribution >= 0.6 is 11.6 Å². The number of benzene rings is 3. The molecule has 0 fully saturated rings. The second kappa shape index (κ2) is 8.72. The summed E-state index contributed by atoms with van der Waals surface area (Å²) in [6, 6.07) is 14.3. The number of alkyl halides is 6. The lowest BCUT2D eigenvalue weighted by Crippen LogP contribution is -2.11. The number of hydrogen-bond donors (Lipinski definition) is 0. The fourth-order valence-corrected chi connectivity index (χ4v) is 3.59. The van der Waals surface area contributed by atoms with Crippen molar-refractivity contribution in [3.8, 4) is 16.9 Å². The average Bonchev–Trinajstić information content (AvgIpc) is 2.77. The van der Waals surface area contributed by atoms with Gasteiger partial charge < -0.3 is 9.15 Å². The first-order chi connectivity index (χ1) is 15.9. The third-order valence-corrected chi connectivity index (χ3v) is 5.27. The minimum atomic E-state index is -5.00. The maximum absolute atomic E-state index is 13.5. The molecule has 34 heavy (non-hydrogen) atoms. The van der Waals surface area contributed by atoms with Gasteiger partial charge in [-0.05, 0) is 35.4 Å². The molecule has 0 saturated carbocycles. The van der Waals surface area contributed by atoms with Gasteiger partial charge in [0.15, 0.2) is 5.43 Å². The Labute approximate surface area is 193 Å². The summed E-state index contributed by atoms with van der Waals surface area (Å²) in [4.78, 5) is 12.4. The molecule has 3 aromatic carbocycles. The molecule has 0 radical (unpaired) electrons. The van der Waals surface area contributed by atoms with Crippen molar-refractivity contribution in [3.63, 3.8) is 0 Å². The van der Waals surface area contributed by atoms with E-state index in [4.69, 9.17) is 20.8 Å². The molecule has 1 heterocycles. The lowest BCUT2D eigenvalue weighted by Gasteiger charge is -2.17. The van der Waals surface area contributed by atoms with Gasteiger partial charge in [0, 0.05) is 6.07 Å². The summed E-state index contributed by atoms with van der Waals surface area (Å²) in [7, 11) is 0. The highest BCUT2D eigenvalue weighted by Gasteiger charge is 2.36. The van der Waals surface area contributed by atoms with Crippen LogP contribution in [0.1, 0.15) is 16.9 Å². The van der Waals surface area contributed by atoms with Crippen molar-refractivity contribution >= 4 is 22.6 Å². The molecule has 3 nitrogen and oxygen atoms in total. The fourth-order valence-electron chi connectivity index (χ4n) is 3.37. The Kier molecular flexibility index (Phi) is 6.07. The van der Waals surface area contributed by atoms with E-state index in [1.165, 1.54) is 18.2 Å². The molecule has 0 atom stereocenters. The topological polar surface area (TPSA) is 39.4 Å². The van der Waals surface area contributed by atoms with Crippen LogP contribution < -0.4 is 10.2 Å². The number of ether oxygens (including phenoxy) is 1. The number of halogens is 7. The number of hydrogen-bond acceptors (Lipinski definition) is 3. The van der Waals surface area contributed by atoms with Gasteiger partial charge in [0.05, 0.1) is 21.5 Å². The smallest absolute Gasteiger partial charge is 0.449 e. The molecule has 0 aliphatic heterocycles. The lowest BCUT2D eigenvalue weighted by molar-refractivity contribution is -0.152. The molecular weight excluding hydrogens is 486 g/mol. The van der Waals surface area contributed by atoms with E-state index in [2.05, 4.69) is 0 Å². The third kappa shape index (κ3) is 4.75. The summed E-state index contributed by atoms with van der Waals surface area (Å²) in [5, 5.41) is -0.848. The predicted octanol–water partition coefficient (Wildman–Crippen LogP) is 7.73. The molecule has 1 aromatic heterocycles. The van der Waals surface area contributed by atoms with Gasteiger partial charge >= 0.3 is 12.4 Å². The van der Waals surface area contributed by atoms with Crippen LogP contribution in [-0.2, 0) is 19.0 Å². The van der Waals surface area contributed by atoms with Crippen LogP contribution in [-0.4, -0.2) is 0 Å². The van der Waals surface area contributed by atoms with Gasteiger partial charge in [-0.15, -0.1) is 0 Å². The summed E-state index contributed by atoms with van der Waals surface area (Å²) < 4.78 is 91.2. The Balaban J connectivity index is 1.99. The zero-order valence-electron chi connectivity index (χ0n) is 16.9. The monoisotopic (exact) mass is 498 g/mol. The molecule has 0 aliphatic rings. The standard InChI is InChI=1S/C24H13ClF6O3/c25-17-8-6-14(10-16(17)23(26,27)28)21-19(33-12-13-4-2-1-3-5-13)9-7-15-18(32)11-20(24(29,30)31)34-22(15)21/h1-11H,12H2. The summed E-state index contributed by atoms with van der Waals surface area (Å²) in [6.45, 7) is -0.0394. The van der Waals surface area contributed by atoms with Gasteiger partial charge in [0.1, 0.15) is 17.9 Å². The van der Waals surface area contributed by atoms with Gasteiger partial charge in [-0.3, -0.25) is 4.79 Å². The normalized spacial score (nSPS) is 12.2. The van der Waals surface area contributed by atoms with Crippen LogP contribution in [0.25, 0.3) is 22.1 Å². The van der Waals surface area contributed by atoms with E-state index in [0.717, 1.165) is 6.07 Å². The first kappa shape index (κ1) is 23.7. The molecule has 0 unspecified atom stereocenters. The second-order valence-corrected chi connectivity index (χ2v) is 7.66. The van der Waals surface area contributed by atoms with Gasteiger partial charge in [-0.25, -0.2) is 0 Å². The summed E-state index contributed by atoms with van der Waals surface area (Å²) in [5.41, 5.74) is -2.49. The Hall–Kier alpha value is -3.46. The molecule has 0 N–H and O–H groups in total. The SMILES string of the molecule is O=c1cc(C(F)(F)F)oc2c(-c3ccc(Cl)c(C(F)(F)F)c3)c(OCc3ccccc3)ccc12. The number of fused-ring (bicyclic) bond motifs is 1. The Morgan fingerprint density at radius 3 is 2.21 bits per heavy atom. The third-order valence-electron chi connectivity index (χ3n) is 4.94. The highest BCUT2D eigenvalue weighted by Crippen LogP contribution is 2.43. The molecule has 10 heteroatoms. The van der Waals surface area contributed by atoms with E-state index < -0.39 is 39.7 Å². The molecule has 0 aliphatic carbocycles. The van der Waals surface area contributed by atoms with Gasteiger partial charge in [-0.2, -0.15) is 26.3 Å². The van der Waals surface area contributed by atoms with Gasteiger partial charge in [-0.1, -0.05) is 48.0 Å². The van der Waals surface area contributed by atoms with Crippen LogP contribution in [0.2, 0.25) is 5.02 Å². The summed E-state index contributed by atoms with van der Waals surface area (Å²) >= 11 is 5.70. The van der Waals surface area contributed by atoms with E-state index in [1.807, 2.05) is 0 Å². The maximum Gasteiger partial charge on any atom is 0.449 e. The fraction of sp³-hybridized carbons (Fsp3) is 0.125. The quantitative estimate of drug-likeness (QED) is 0.270. The first-order valence-electron chi connectivity index (χ1n) is 9.67. The van der Waals surface area contributed by atoms with Crippen molar-refractivity contribution in [3.05, 3.63) is 98.9 Å². The minimum absolute atomic E-state index is 0.0394. The molecule has 0 spiro atoms.